The maximum atomic E-state index is 8.43. The van der Waals surface area contributed by atoms with Gasteiger partial charge in [0.25, 0.3) is 0 Å². The highest BCUT2D eigenvalue weighted by Crippen LogP contribution is 2.00. The van der Waals surface area contributed by atoms with E-state index in [2.05, 4.69) is 17.9 Å². The molecule has 2 nitrogen and oxygen atoms in total. The third-order valence-electron chi connectivity index (χ3n) is 2.10. The van der Waals surface area contributed by atoms with Crippen molar-refractivity contribution in [2.75, 3.05) is 25.5 Å². The van der Waals surface area contributed by atoms with Gasteiger partial charge in [0.15, 0.2) is 0 Å². The molecule has 76 valence electrons. The third-order valence-corrected chi connectivity index (χ3v) is 2.36. The van der Waals surface area contributed by atoms with Crippen LogP contribution in [-0.4, -0.2) is 30.4 Å². The van der Waals surface area contributed by atoms with Crippen molar-refractivity contribution in [1.29, 1.82) is 5.26 Å². The Morgan fingerprint density at radius 3 is 2.54 bits per heavy atom. The molecule has 0 aromatic carbocycles. The maximum absolute atomic E-state index is 8.43. The van der Waals surface area contributed by atoms with E-state index in [0.29, 0.717) is 6.42 Å². The van der Waals surface area contributed by atoms with Crippen LogP contribution in [-0.2, 0) is 0 Å². The van der Waals surface area contributed by atoms with Crippen molar-refractivity contribution in [3.63, 3.8) is 0 Å². The minimum absolute atomic E-state index is 0.642. The molecule has 0 aliphatic carbocycles. The quantitative estimate of drug-likeness (QED) is 0.447. The van der Waals surface area contributed by atoms with E-state index in [0.717, 1.165) is 31.9 Å². The second-order valence-electron chi connectivity index (χ2n) is 3.09. The molecule has 0 aliphatic rings. The summed E-state index contributed by atoms with van der Waals surface area (Å²) in [5.41, 5.74) is 0. The van der Waals surface area contributed by atoms with Gasteiger partial charge < -0.3 is 4.90 Å². The van der Waals surface area contributed by atoms with Crippen molar-refractivity contribution in [3.8, 4) is 6.07 Å². The lowest BCUT2D eigenvalue weighted by Crippen LogP contribution is -2.25. The molecule has 0 amide bonds. The van der Waals surface area contributed by atoms with Crippen LogP contribution < -0.4 is 0 Å². The number of nitrogens with zero attached hydrogens (tertiary/aromatic N) is 2. The predicted molar refractivity (Wildman–Crippen MR) is 56.9 cm³/mol. The Labute approximate surface area is 86.5 Å². The van der Waals surface area contributed by atoms with Crippen molar-refractivity contribution in [2.24, 2.45) is 0 Å². The first kappa shape index (κ1) is 12.7. The predicted octanol–water partition coefficient (Wildman–Crippen LogP) is 2.63. The molecule has 0 spiro atoms. The number of halogens is 1. The van der Waals surface area contributed by atoms with Gasteiger partial charge in [0.2, 0.25) is 0 Å². The van der Waals surface area contributed by atoms with Crippen molar-refractivity contribution in [2.45, 2.75) is 32.6 Å². The van der Waals surface area contributed by atoms with E-state index in [-0.39, 0.29) is 0 Å². The number of nitriles is 1. The van der Waals surface area contributed by atoms with Gasteiger partial charge in [-0.1, -0.05) is 13.3 Å². The van der Waals surface area contributed by atoms with Crippen LogP contribution in [0.3, 0.4) is 0 Å². The van der Waals surface area contributed by atoms with E-state index < -0.39 is 0 Å². The Balaban J connectivity index is 3.32. The minimum Gasteiger partial charge on any atom is -0.303 e. The van der Waals surface area contributed by atoms with Crippen LogP contribution in [0.4, 0.5) is 0 Å². The van der Waals surface area contributed by atoms with Gasteiger partial charge in [-0.25, -0.2) is 0 Å². The van der Waals surface area contributed by atoms with Crippen molar-refractivity contribution in [1.82, 2.24) is 4.90 Å². The molecule has 0 N–H and O–H groups in total. The van der Waals surface area contributed by atoms with Crippen molar-refractivity contribution >= 4 is 11.6 Å². The first-order valence-electron chi connectivity index (χ1n) is 5.00. The third kappa shape index (κ3) is 8.08. The molecule has 0 aliphatic heterocycles. The number of unbranched alkanes of at least 4 members (excludes halogenated alkanes) is 2. The molecule has 0 fully saturated rings. The number of rotatable bonds is 8. The molecule has 0 atom stereocenters. The standard InChI is InChI=1S/C10H19ClN2/c1-2-13(10-6-8-12)9-5-3-4-7-11/h2-7,9-10H2,1H3. The lowest BCUT2D eigenvalue weighted by atomic mass is 10.2. The average Bonchev–Trinajstić information content (AvgIpc) is 2.17. The van der Waals surface area contributed by atoms with E-state index in [1.165, 1.54) is 12.8 Å². The maximum Gasteiger partial charge on any atom is 0.0635 e. The fraction of sp³-hybridized carbons (Fsp3) is 0.900. The van der Waals surface area contributed by atoms with Crippen LogP contribution in [0.15, 0.2) is 0 Å². The molecule has 0 aromatic rings. The highest BCUT2D eigenvalue weighted by atomic mass is 35.5. The van der Waals surface area contributed by atoms with E-state index in [1.54, 1.807) is 0 Å². The Bertz CT molecular complexity index is 142. The molecule has 0 heterocycles. The summed E-state index contributed by atoms with van der Waals surface area (Å²) in [7, 11) is 0. The molecule has 13 heavy (non-hydrogen) atoms. The fourth-order valence-electron chi connectivity index (χ4n) is 1.24. The second-order valence-corrected chi connectivity index (χ2v) is 3.47. The van der Waals surface area contributed by atoms with Gasteiger partial charge in [-0.15, -0.1) is 11.6 Å². The van der Waals surface area contributed by atoms with Crippen LogP contribution in [0.25, 0.3) is 0 Å². The van der Waals surface area contributed by atoms with Crippen molar-refractivity contribution < 1.29 is 0 Å². The van der Waals surface area contributed by atoms with Gasteiger partial charge in [0, 0.05) is 18.8 Å². The van der Waals surface area contributed by atoms with E-state index >= 15 is 0 Å². The average molecular weight is 203 g/mol. The minimum atomic E-state index is 0.642. The van der Waals surface area contributed by atoms with Crippen LogP contribution in [0.5, 0.6) is 0 Å². The molecule has 0 bridgehead atoms. The van der Waals surface area contributed by atoms with E-state index in [9.17, 15) is 0 Å². The van der Waals surface area contributed by atoms with Crippen LogP contribution in [0, 0.1) is 11.3 Å². The first-order chi connectivity index (χ1) is 6.35. The summed E-state index contributed by atoms with van der Waals surface area (Å²) in [4.78, 5) is 2.32. The molecular weight excluding hydrogens is 184 g/mol. The summed E-state index contributed by atoms with van der Waals surface area (Å²) in [5.74, 6) is 0.768. The van der Waals surface area contributed by atoms with Crippen LogP contribution in [0.1, 0.15) is 32.6 Å². The Kier molecular flexibility index (Phi) is 9.63. The number of hydrogen-bond acceptors (Lipinski definition) is 2. The molecule has 3 heteroatoms. The highest BCUT2D eigenvalue weighted by Gasteiger charge is 2.00. The number of hydrogen-bond donors (Lipinski definition) is 0. The summed E-state index contributed by atoms with van der Waals surface area (Å²) in [6.45, 7) is 5.20. The topological polar surface area (TPSA) is 27.0 Å². The molecule has 0 radical (unpaired) electrons. The largest absolute Gasteiger partial charge is 0.303 e. The Hall–Kier alpha value is -0.260. The lowest BCUT2D eigenvalue weighted by Gasteiger charge is -2.18. The molecule has 0 saturated heterocycles. The molecule has 0 aromatic heterocycles. The van der Waals surface area contributed by atoms with Crippen LogP contribution in [0.2, 0.25) is 0 Å². The van der Waals surface area contributed by atoms with Gasteiger partial charge in [0.1, 0.15) is 0 Å². The molecule has 0 rings (SSSR count). The summed E-state index contributed by atoms with van der Waals surface area (Å²) in [6.07, 6.45) is 4.15. The fourth-order valence-corrected chi connectivity index (χ4v) is 1.43. The lowest BCUT2D eigenvalue weighted by molar-refractivity contribution is 0.288. The van der Waals surface area contributed by atoms with Gasteiger partial charge in [-0.2, -0.15) is 5.26 Å². The van der Waals surface area contributed by atoms with Gasteiger partial charge in [-0.05, 0) is 25.9 Å². The summed E-state index contributed by atoms with van der Waals surface area (Å²) < 4.78 is 0. The van der Waals surface area contributed by atoms with Crippen LogP contribution >= 0.6 is 11.6 Å². The monoisotopic (exact) mass is 202 g/mol. The first-order valence-corrected chi connectivity index (χ1v) is 5.53. The Morgan fingerprint density at radius 2 is 2.00 bits per heavy atom. The van der Waals surface area contributed by atoms with Gasteiger partial charge in [0.05, 0.1) is 6.07 Å². The molecular formula is C10H19ClN2. The van der Waals surface area contributed by atoms with E-state index in [4.69, 9.17) is 16.9 Å². The zero-order chi connectivity index (χ0) is 9.94. The molecule has 0 unspecified atom stereocenters. The summed E-state index contributed by atoms with van der Waals surface area (Å²) in [6, 6.07) is 2.17. The van der Waals surface area contributed by atoms with Crippen molar-refractivity contribution in [3.05, 3.63) is 0 Å². The number of alkyl halides is 1. The van der Waals surface area contributed by atoms with E-state index in [1.807, 2.05) is 0 Å². The second kappa shape index (κ2) is 9.83. The zero-order valence-electron chi connectivity index (χ0n) is 8.43. The zero-order valence-corrected chi connectivity index (χ0v) is 9.19. The summed E-state index contributed by atoms with van der Waals surface area (Å²) >= 11 is 5.58. The summed E-state index contributed by atoms with van der Waals surface area (Å²) in [5, 5.41) is 8.43. The molecule has 0 saturated carbocycles. The smallest absolute Gasteiger partial charge is 0.0635 e. The Morgan fingerprint density at radius 1 is 1.23 bits per heavy atom. The normalized spacial score (nSPS) is 10.3. The SMILES string of the molecule is CCN(CCC#N)CCCCCCl. The highest BCUT2D eigenvalue weighted by molar-refractivity contribution is 6.17. The van der Waals surface area contributed by atoms with Gasteiger partial charge in [-0.3, -0.25) is 0 Å². The van der Waals surface area contributed by atoms with Gasteiger partial charge >= 0.3 is 0 Å².